The van der Waals surface area contributed by atoms with Crippen LogP contribution in [0.15, 0.2) is 47.8 Å². The smallest absolute Gasteiger partial charge is 0.123 e. The molecule has 0 radical (unpaired) electrons. The fourth-order valence-corrected chi connectivity index (χ4v) is 1.63. The average Bonchev–Trinajstić information content (AvgIpc) is 2.39. The molecule has 92 valence electrons. The number of hydrogen-bond acceptors (Lipinski definition) is 3. The molecule has 0 saturated heterocycles. The van der Waals surface area contributed by atoms with Gasteiger partial charge in [-0.3, -0.25) is 4.98 Å². The normalized spacial score (nSPS) is 11.6. The molecule has 0 aliphatic carbocycles. The molecule has 3 nitrogen and oxygen atoms in total. The predicted molar refractivity (Wildman–Crippen MR) is 67.7 cm³/mol. The molecule has 0 aliphatic rings. The predicted octanol–water partition coefficient (Wildman–Crippen LogP) is 3.30. The number of oxime groups is 1. The van der Waals surface area contributed by atoms with Gasteiger partial charge in [0.05, 0.1) is 10.7 Å². The molecule has 0 fully saturated rings. The van der Waals surface area contributed by atoms with Crippen molar-refractivity contribution in [1.82, 2.24) is 4.98 Å². The van der Waals surface area contributed by atoms with Gasteiger partial charge in [-0.2, -0.15) is 0 Å². The van der Waals surface area contributed by atoms with E-state index in [-0.39, 0.29) is 5.82 Å². The van der Waals surface area contributed by atoms with Gasteiger partial charge in [-0.1, -0.05) is 28.9 Å². The van der Waals surface area contributed by atoms with Gasteiger partial charge in [0.25, 0.3) is 0 Å². The minimum absolute atomic E-state index is 0.333. The van der Waals surface area contributed by atoms with E-state index in [0.29, 0.717) is 22.7 Å². The molecule has 2 aromatic rings. The average molecular weight is 265 g/mol. The minimum Gasteiger partial charge on any atom is -0.411 e. The van der Waals surface area contributed by atoms with Crippen LogP contribution in [0.1, 0.15) is 11.3 Å². The molecule has 0 unspecified atom stereocenters. The molecule has 1 aromatic heterocycles. The number of nitrogens with zero attached hydrogens (tertiary/aromatic N) is 2. The highest BCUT2D eigenvalue weighted by atomic mass is 35.5. The summed E-state index contributed by atoms with van der Waals surface area (Å²) in [6.45, 7) is 0. The van der Waals surface area contributed by atoms with Crippen LogP contribution in [0.2, 0.25) is 5.02 Å². The Morgan fingerprint density at radius 2 is 1.94 bits per heavy atom. The van der Waals surface area contributed by atoms with Crippen molar-refractivity contribution in [3.8, 4) is 0 Å². The summed E-state index contributed by atoms with van der Waals surface area (Å²) in [6.07, 6.45) is 1.87. The number of halogens is 2. The highest BCUT2D eigenvalue weighted by molar-refractivity contribution is 6.30. The van der Waals surface area contributed by atoms with Gasteiger partial charge in [0.2, 0.25) is 0 Å². The van der Waals surface area contributed by atoms with Crippen LogP contribution in [0.5, 0.6) is 0 Å². The summed E-state index contributed by atoms with van der Waals surface area (Å²) in [6, 6.07) is 9.20. The molecule has 5 heteroatoms. The fourth-order valence-electron chi connectivity index (χ4n) is 1.52. The van der Waals surface area contributed by atoms with E-state index in [1.54, 1.807) is 24.3 Å². The number of pyridine rings is 1. The highest BCUT2D eigenvalue weighted by Gasteiger charge is 2.07. The molecule has 0 spiro atoms. The Balaban J connectivity index is 2.20. The Kier molecular flexibility index (Phi) is 3.89. The van der Waals surface area contributed by atoms with Gasteiger partial charge in [-0.05, 0) is 29.8 Å². The Hall–Kier alpha value is -1.94. The van der Waals surface area contributed by atoms with Crippen molar-refractivity contribution in [2.75, 3.05) is 0 Å². The van der Waals surface area contributed by atoms with Crippen molar-refractivity contribution in [2.45, 2.75) is 6.42 Å². The van der Waals surface area contributed by atoms with Gasteiger partial charge >= 0.3 is 0 Å². The van der Waals surface area contributed by atoms with Crippen LogP contribution in [0.3, 0.4) is 0 Å². The molecule has 0 amide bonds. The van der Waals surface area contributed by atoms with E-state index in [1.807, 2.05) is 0 Å². The van der Waals surface area contributed by atoms with Gasteiger partial charge in [-0.25, -0.2) is 4.39 Å². The number of benzene rings is 1. The maximum Gasteiger partial charge on any atom is 0.123 e. The molecule has 1 aromatic carbocycles. The third-order valence-electron chi connectivity index (χ3n) is 2.44. The Morgan fingerprint density at radius 1 is 1.22 bits per heavy atom. The Morgan fingerprint density at radius 3 is 2.50 bits per heavy atom. The van der Waals surface area contributed by atoms with Crippen molar-refractivity contribution < 1.29 is 9.60 Å². The molecule has 0 saturated carbocycles. The summed E-state index contributed by atoms with van der Waals surface area (Å²) in [7, 11) is 0. The lowest BCUT2D eigenvalue weighted by molar-refractivity contribution is 0.318. The monoisotopic (exact) mass is 264 g/mol. The molecule has 0 bridgehead atoms. The molecular weight excluding hydrogens is 255 g/mol. The maximum absolute atomic E-state index is 12.8. The summed E-state index contributed by atoms with van der Waals surface area (Å²) >= 11 is 5.73. The van der Waals surface area contributed by atoms with E-state index in [4.69, 9.17) is 16.8 Å². The lowest BCUT2D eigenvalue weighted by atomic mass is 10.1. The quantitative estimate of drug-likeness (QED) is 0.525. The second-order valence-corrected chi connectivity index (χ2v) is 4.13. The number of hydrogen-bond donors (Lipinski definition) is 1. The van der Waals surface area contributed by atoms with E-state index in [2.05, 4.69) is 10.1 Å². The SMILES string of the molecule is O/N=C(\Cc1ccc(Cl)cn1)c1ccc(F)cc1. The largest absolute Gasteiger partial charge is 0.411 e. The molecule has 0 atom stereocenters. The summed E-state index contributed by atoms with van der Waals surface area (Å²) in [4.78, 5) is 4.11. The van der Waals surface area contributed by atoms with Crippen molar-refractivity contribution in [3.63, 3.8) is 0 Å². The van der Waals surface area contributed by atoms with Crippen molar-refractivity contribution in [1.29, 1.82) is 0 Å². The summed E-state index contributed by atoms with van der Waals surface area (Å²) in [5.74, 6) is -0.333. The first-order chi connectivity index (χ1) is 8.69. The zero-order valence-corrected chi connectivity index (χ0v) is 10.1. The molecule has 0 aliphatic heterocycles. The lowest BCUT2D eigenvalue weighted by Gasteiger charge is -2.04. The summed E-state index contributed by atoms with van der Waals surface area (Å²) < 4.78 is 12.8. The van der Waals surface area contributed by atoms with Gasteiger partial charge in [0, 0.05) is 18.3 Å². The number of aromatic nitrogens is 1. The van der Waals surface area contributed by atoms with Crippen LogP contribution in [0, 0.1) is 5.82 Å². The third kappa shape index (κ3) is 3.05. The Labute approximate surface area is 109 Å². The van der Waals surface area contributed by atoms with E-state index < -0.39 is 0 Å². The van der Waals surface area contributed by atoms with Crippen molar-refractivity contribution in [2.24, 2.45) is 5.16 Å². The van der Waals surface area contributed by atoms with Crippen molar-refractivity contribution >= 4 is 17.3 Å². The summed E-state index contributed by atoms with van der Waals surface area (Å²) in [5, 5.41) is 12.8. The van der Waals surface area contributed by atoms with E-state index in [1.165, 1.54) is 18.3 Å². The van der Waals surface area contributed by atoms with Crippen molar-refractivity contribution in [3.05, 3.63) is 64.7 Å². The van der Waals surface area contributed by atoms with E-state index >= 15 is 0 Å². The highest BCUT2D eigenvalue weighted by Crippen LogP contribution is 2.11. The zero-order valence-electron chi connectivity index (χ0n) is 9.35. The first-order valence-corrected chi connectivity index (χ1v) is 5.64. The summed E-state index contributed by atoms with van der Waals surface area (Å²) in [5.41, 5.74) is 1.79. The van der Waals surface area contributed by atoms with Crippen LogP contribution < -0.4 is 0 Å². The second kappa shape index (κ2) is 5.60. The van der Waals surface area contributed by atoms with Crippen LogP contribution in [0.4, 0.5) is 4.39 Å². The molecule has 1 heterocycles. The van der Waals surface area contributed by atoms with Gasteiger partial charge < -0.3 is 5.21 Å². The molecular formula is C13H10ClFN2O. The fraction of sp³-hybridized carbons (Fsp3) is 0.0769. The van der Waals surface area contributed by atoms with Crippen LogP contribution in [0.25, 0.3) is 0 Å². The molecule has 18 heavy (non-hydrogen) atoms. The lowest BCUT2D eigenvalue weighted by Crippen LogP contribution is -2.06. The van der Waals surface area contributed by atoms with Crippen LogP contribution in [-0.2, 0) is 6.42 Å². The van der Waals surface area contributed by atoms with E-state index in [9.17, 15) is 4.39 Å². The van der Waals surface area contributed by atoms with Crippen LogP contribution >= 0.6 is 11.6 Å². The molecule has 2 rings (SSSR count). The zero-order chi connectivity index (χ0) is 13.0. The van der Waals surface area contributed by atoms with E-state index in [0.717, 1.165) is 5.69 Å². The molecule has 1 N–H and O–H groups in total. The standard InChI is InChI=1S/C13H10ClFN2O/c14-10-3-6-12(16-8-10)7-13(17-18)9-1-4-11(15)5-2-9/h1-6,8,18H,7H2/b17-13+. The maximum atomic E-state index is 12.8. The van der Waals surface area contributed by atoms with Gasteiger partial charge in [-0.15, -0.1) is 0 Å². The van der Waals surface area contributed by atoms with Gasteiger partial charge in [0.15, 0.2) is 0 Å². The Bertz CT molecular complexity index is 552. The first kappa shape index (κ1) is 12.5. The minimum atomic E-state index is -0.333. The third-order valence-corrected chi connectivity index (χ3v) is 2.66. The van der Waals surface area contributed by atoms with Gasteiger partial charge in [0.1, 0.15) is 5.82 Å². The first-order valence-electron chi connectivity index (χ1n) is 5.26. The topological polar surface area (TPSA) is 45.5 Å². The van der Waals surface area contributed by atoms with Crippen LogP contribution in [-0.4, -0.2) is 15.9 Å². The number of rotatable bonds is 3. The second-order valence-electron chi connectivity index (χ2n) is 3.70.